The van der Waals surface area contributed by atoms with Crippen molar-refractivity contribution in [1.29, 1.82) is 0 Å². The maximum Gasteiger partial charge on any atom is 0.323 e. The van der Waals surface area contributed by atoms with E-state index in [0.717, 1.165) is 11.1 Å². The lowest BCUT2D eigenvalue weighted by atomic mass is 10.2. The van der Waals surface area contributed by atoms with Crippen molar-refractivity contribution < 1.29 is 9.53 Å². The third-order valence-corrected chi connectivity index (χ3v) is 3.27. The van der Waals surface area contributed by atoms with Crippen LogP contribution in [0.1, 0.15) is 11.1 Å². The number of carbonyl (C=O) groups is 1. The lowest BCUT2D eigenvalue weighted by Gasteiger charge is -2.13. The minimum absolute atomic E-state index is 0.329. The Bertz CT molecular complexity index is 671. The van der Waals surface area contributed by atoms with Crippen molar-refractivity contribution in [3.8, 4) is 5.75 Å². The molecule has 0 atom stereocenters. The van der Waals surface area contributed by atoms with Gasteiger partial charge in [-0.15, -0.1) is 0 Å². The Morgan fingerprint density at radius 1 is 1.05 bits per heavy atom. The number of hydrogen-bond acceptors (Lipinski definition) is 2. The van der Waals surface area contributed by atoms with Gasteiger partial charge in [-0.25, -0.2) is 4.79 Å². The van der Waals surface area contributed by atoms with Crippen molar-refractivity contribution in [3.63, 3.8) is 0 Å². The number of benzene rings is 2. The molecule has 110 valence electrons. The van der Waals surface area contributed by atoms with Crippen LogP contribution in [0.2, 0.25) is 5.02 Å². The van der Waals surface area contributed by atoms with Gasteiger partial charge in [-0.3, -0.25) is 0 Å². The number of halogens is 1. The van der Waals surface area contributed by atoms with Crippen molar-refractivity contribution in [1.82, 2.24) is 0 Å². The summed E-state index contributed by atoms with van der Waals surface area (Å²) in [5, 5.41) is 6.21. The molecule has 0 saturated carbocycles. The van der Waals surface area contributed by atoms with E-state index in [0.29, 0.717) is 22.1 Å². The van der Waals surface area contributed by atoms with Gasteiger partial charge in [0.25, 0.3) is 0 Å². The van der Waals surface area contributed by atoms with E-state index in [-0.39, 0.29) is 6.03 Å². The fourth-order valence-corrected chi connectivity index (χ4v) is 2.19. The van der Waals surface area contributed by atoms with Gasteiger partial charge < -0.3 is 15.4 Å². The Hall–Kier alpha value is -2.20. The Labute approximate surface area is 129 Å². The van der Waals surface area contributed by atoms with E-state index >= 15 is 0 Å². The van der Waals surface area contributed by atoms with Gasteiger partial charge >= 0.3 is 6.03 Å². The minimum atomic E-state index is -0.329. The van der Waals surface area contributed by atoms with Gasteiger partial charge in [0, 0.05) is 10.7 Å². The highest BCUT2D eigenvalue weighted by Gasteiger charge is 2.09. The monoisotopic (exact) mass is 304 g/mol. The molecule has 0 aliphatic rings. The second kappa shape index (κ2) is 6.50. The van der Waals surface area contributed by atoms with E-state index in [1.54, 1.807) is 25.3 Å². The summed E-state index contributed by atoms with van der Waals surface area (Å²) in [5.74, 6) is 0.614. The molecule has 0 aliphatic heterocycles. The maximum absolute atomic E-state index is 12.1. The van der Waals surface area contributed by atoms with Crippen molar-refractivity contribution in [2.75, 3.05) is 17.7 Å². The SMILES string of the molecule is COc1ccc(C)cc1NC(=O)Nc1ccc(Cl)cc1C. The van der Waals surface area contributed by atoms with Crippen LogP contribution in [0.3, 0.4) is 0 Å². The molecule has 0 aliphatic carbocycles. The highest BCUT2D eigenvalue weighted by Crippen LogP contribution is 2.26. The molecule has 0 bridgehead atoms. The van der Waals surface area contributed by atoms with E-state index in [4.69, 9.17) is 16.3 Å². The molecule has 2 N–H and O–H groups in total. The topological polar surface area (TPSA) is 50.4 Å². The number of aryl methyl sites for hydroxylation is 2. The van der Waals surface area contributed by atoms with Crippen molar-refractivity contribution in [2.45, 2.75) is 13.8 Å². The quantitative estimate of drug-likeness (QED) is 0.870. The molecule has 5 heteroatoms. The average molecular weight is 305 g/mol. The normalized spacial score (nSPS) is 10.1. The van der Waals surface area contributed by atoms with Crippen molar-refractivity contribution >= 4 is 29.0 Å². The average Bonchev–Trinajstić information content (AvgIpc) is 2.42. The van der Waals surface area contributed by atoms with Crippen LogP contribution in [0.4, 0.5) is 16.2 Å². The molecular formula is C16H17ClN2O2. The first kappa shape index (κ1) is 15.2. The van der Waals surface area contributed by atoms with Gasteiger partial charge in [-0.05, 0) is 55.3 Å². The van der Waals surface area contributed by atoms with Crippen LogP contribution in [0, 0.1) is 13.8 Å². The van der Waals surface area contributed by atoms with Gasteiger partial charge in [0.15, 0.2) is 0 Å². The summed E-state index contributed by atoms with van der Waals surface area (Å²) in [7, 11) is 1.57. The van der Waals surface area contributed by atoms with Crippen molar-refractivity contribution in [3.05, 3.63) is 52.5 Å². The molecule has 0 aromatic heterocycles. The number of methoxy groups -OCH3 is 1. The molecular weight excluding hydrogens is 288 g/mol. The van der Waals surface area contributed by atoms with Crippen LogP contribution in [-0.2, 0) is 0 Å². The zero-order valence-electron chi connectivity index (χ0n) is 12.2. The second-order valence-electron chi connectivity index (χ2n) is 4.74. The van der Waals surface area contributed by atoms with E-state index in [2.05, 4.69) is 10.6 Å². The fourth-order valence-electron chi connectivity index (χ4n) is 1.96. The number of nitrogens with one attached hydrogen (secondary N) is 2. The molecule has 0 heterocycles. The maximum atomic E-state index is 12.1. The predicted octanol–water partition coefficient (Wildman–Crippen LogP) is 4.61. The largest absolute Gasteiger partial charge is 0.495 e. The van der Waals surface area contributed by atoms with Crippen molar-refractivity contribution in [2.24, 2.45) is 0 Å². The predicted molar refractivity (Wildman–Crippen MR) is 86.6 cm³/mol. The zero-order chi connectivity index (χ0) is 15.4. The molecule has 0 saturated heterocycles. The smallest absolute Gasteiger partial charge is 0.323 e. The summed E-state index contributed by atoms with van der Waals surface area (Å²) in [6, 6.07) is 10.6. The van der Waals surface area contributed by atoms with E-state index in [1.165, 1.54) is 0 Å². The first-order valence-corrected chi connectivity index (χ1v) is 6.86. The third-order valence-electron chi connectivity index (χ3n) is 3.04. The molecule has 2 rings (SSSR count). The molecule has 0 radical (unpaired) electrons. The van der Waals surface area contributed by atoms with Crippen LogP contribution in [0.25, 0.3) is 0 Å². The molecule has 0 fully saturated rings. The van der Waals surface area contributed by atoms with Crippen LogP contribution < -0.4 is 15.4 Å². The highest BCUT2D eigenvalue weighted by atomic mass is 35.5. The van der Waals surface area contributed by atoms with Crippen LogP contribution in [0.5, 0.6) is 5.75 Å². The van der Waals surface area contributed by atoms with Gasteiger partial charge in [0.2, 0.25) is 0 Å². The van der Waals surface area contributed by atoms with Crippen LogP contribution in [-0.4, -0.2) is 13.1 Å². The first-order valence-electron chi connectivity index (χ1n) is 6.48. The molecule has 2 aromatic rings. The van der Waals surface area contributed by atoms with E-state index in [1.807, 2.05) is 32.0 Å². The van der Waals surface area contributed by atoms with E-state index < -0.39 is 0 Å². The number of ether oxygens (including phenoxy) is 1. The summed E-state index contributed by atoms with van der Waals surface area (Å²) in [6.07, 6.45) is 0. The number of rotatable bonds is 3. The third kappa shape index (κ3) is 3.89. The fraction of sp³-hybridized carbons (Fsp3) is 0.188. The Morgan fingerprint density at radius 3 is 2.43 bits per heavy atom. The Balaban J connectivity index is 2.13. The number of amides is 2. The lowest BCUT2D eigenvalue weighted by Crippen LogP contribution is -2.20. The number of urea groups is 1. The van der Waals surface area contributed by atoms with Gasteiger partial charge in [-0.1, -0.05) is 17.7 Å². The Morgan fingerprint density at radius 2 is 1.76 bits per heavy atom. The summed E-state index contributed by atoms with van der Waals surface area (Å²) in [5.41, 5.74) is 3.27. The Kier molecular flexibility index (Phi) is 4.70. The number of hydrogen-bond donors (Lipinski definition) is 2. The summed E-state index contributed by atoms with van der Waals surface area (Å²) in [4.78, 5) is 12.1. The van der Waals surface area contributed by atoms with Gasteiger partial charge in [0.1, 0.15) is 5.75 Å². The summed E-state index contributed by atoms with van der Waals surface area (Å²) >= 11 is 5.90. The molecule has 0 spiro atoms. The summed E-state index contributed by atoms with van der Waals surface area (Å²) in [6.45, 7) is 3.83. The van der Waals surface area contributed by atoms with Gasteiger partial charge in [-0.2, -0.15) is 0 Å². The molecule has 4 nitrogen and oxygen atoms in total. The zero-order valence-corrected chi connectivity index (χ0v) is 12.9. The van der Waals surface area contributed by atoms with Crippen LogP contribution in [0.15, 0.2) is 36.4 Å². The number of anilines is 2. The van der Waals surface area contributed by atoms with Crippen LogP contribution >= 0.6 is 11.6 Å². The molecule has 0 unspecified atom stereocenters. The molecule has 2 aromatic carbocycles. The number of carbonyl (C=O) groups excluding carboxylic acids is 1. The second-order valence-corrected chi connectivity index (χ2v) is 5.18. The molecule has 21 heavy (non-hydrogen) atoms. The minimum Gasteiger partial charge on any atom is -0.495 e. The first-order chi connectivity index (χ1) is 9.99. The lowest BCUT2D eigenvalue weighted by molar-refractivity contribution is 0.262. The van der Waals surface area contributed by atoms with E-state index in [9.17, 15) is 4.79 Å². The van der Waals surface area contributed by atoms with Gasteiger partial charge in [0.05, 0.1) is 12.8 Å². The molecule has 2 amide bonds. The standard InChI is InChI=1S/C16H17ClN2O2/c1-10-4-7-15(21-3)14(8-10)19-16(20)18-13-6-5-12(17)9-11(13)2/h4-9H,1-3H3,(H2,18,19,20). The highest BCUT2D eigenvalue weighted by molar-refractivity contribution is 6.30. The summed E-state index contributed by atoms with van der Waals surface area (Å²) < 4.78 is 5.23.